The van der Waals surface area contributed by atoms with Crippen LogP contribution in [0.4, 0.5) is 0 Å². The summed E-state index contributed by atoms with van der Waals surface area (Å²) >= 11 is 0. The quantitative estimate of drug-likeness (QED) is 0.832. The van der Waals surface area contributed by atoms with Gasteiger partial charge in [0, 0.05) is 39.3 Å². The van der Waals surface area contributed by atoms with Crippen molar-refractivity contribution < 1.29 is 19.1 Å². The summed E-state index contributed by atoms with van der Waals surface area (Å²) in [5.41, 5.74) is 0.573. The molecule has 26 heavy (non-hydrogen) atoms. The zero-order valence-corrected chi connectivity index (χ0v) is 15.8. The van der Waals surface area contributed by atoms with Crippen LogP contribution in [-0.2, 0) is 9.53 Å². The molecule has 2 saturated heterocycles. The minimum Gasteiger partial charge on any atom is -0.493 e. The Kier molecular flexibility index (Phi) is 7.68. The van der Waals surface area contributed by atoms with Crippen molar-refractivity contribution >= 4 is 24.2 Å². The van der Waals surface area contributed by atoms with E-state index in [2.05, 4.69) is 5.32 Å². The van der Waals surface area contributed by atoms with E-state index in [4.69, 9.17) is 9.47 Å². The molecule has 1 atom stereocenters. The molecule has 7 nitrogen and oxygen atoms in total. The van der Waals surface area contributed by atoms with Crippen LogP contribution in [0, 0.1) is 0 Å². The van der Waals surface area contributed by atoms with Gasteiger partial charge in [-0.3, -0.25) is 9.59 Å². The SMILES string of the molecule is CCOc1ccccc1C(=O)N1CCN(C(=O)C2CNCCO2)CC1.Cl. The molecule has 0 aliphatic carbocycles. The highest BCUT2D eigenvalue weighted by atomic mass is 35.5. The van der Waals surface area contributed by atoms with E-state index in [0.29, 0.717) is 57.3 Å². The van der Waals surface area contributed by atoms with Crippen LogP contribution in [0.3, 0.4) is 0 Å². The minimum absolute atomic E-state index is 0. The minimum atomic E-state index is -0.408. The van der Waals surface area contributed by atoms with Gasteiger partial charge in [-0.25, -0.2) is 0 Å². The lowest BCUT2D eigenvalue weighted by Gasteiger charge is -2.37. The Morgan fingerprint density at radius 1 is 1.19 bits per heavy atom. The second kappa shape index (κ2) is 9.75. The molecule has 2 aliphatic heterocycles. The Morgan fingerprint density at radius 3 is 2.54 bits per heavy atom. The summed E-state index contributed by atoms with van der Waals surface area (Å²) in [7, 11) is 0. The molecule has 2 amide bonds. The van der Waals surface area contributed by atoms with E-state index in [-0.39, 0.29) is 24.2 Å². The monoisotopic (exact) mass is 383 g/mol. The number of carbonyl (C=O) groups excluding carboxylic acids is 2. The van der Waals surface area contributed by atoms with Crippen molar-refractivity contribution in [1.29, 1.82) is 0 Å². The Labute approximate surface area is 160 Å². The molecule has 2 aliphatic rings. The first-order valence-electron chi connectivity index (χ1n) is 8.83. The predicted octanol–water partition coefficient (Wildman–Crippen LogP) is 0.780. The zero-order valence-electron chi connectivity index (χ0n) is 15.0. The highest BCUT2D eigenvalue weighted by Gasteiger charge is 2.31. The summed E-state index contributed by atoms with van der Waals surface area (Å²) in [4.78, 5) is 28.8. The Morgan fingerprint density at radius 2 is 1.88 bits per heavy atom. The summed E-state index contributed by atoms with van der Waals surface area (Å²) in [5.74, 6) is 0.566. The smallest absolute Gasteiger partial charge is 0.257 e. The molecule has 1 aromatic carbocycles. The highest BCUT2D eigenvalue weighted by molar-refractivity contribution is 5.97. The molecular formula is C18H26ClN3O4. The lowest BCUT2D eigenvalue weighted by molar-refractivity contribution is -0.146. The van der Waals surface area contributed by atoms with E-state index in [0.717, 1.165) is 6.54 Å². The van der Waals surface area contributed by atoms with Gasteiger partial charge in [-0.05, 0) is 19.1 Å². The van der Waals surface area contributed by atoms with E-state index >= 15 is 0 Å². The first kappa shape index (κ1) is 20.5. The van der Waals surface area contributed by atoms with Crippen molar-refractivity contribution in [3.05, 3.63) is 29.8 Å². The number of hydrogen-bond acceptors (Lipinski definition) is 5. The Balaban J connectivity index is 0.00000243. The lowest BCUT2D eigenvalue weighted by Crippen LogP contribution is -2.56. The van der Waals surface area contributed by atoms with Crippen LogP contribution in [0.1, 0.15) is 17.3 Å². The van der Waals surface area contributed by atoms with Gasteiger partial charge in [-0.1, -0.05) is 12.1 Å². The molecule has 144 valence electrons. The standard InChI is InChI=1S/C18H25N3O4.ClH/c1-2-24-15-6-4-3-5-14(15)17(22)20-8-10-21(11-9-20)18(23)16-13-19-7-12-25-16;/h3-6,16,19H,2,7-13H2,1H3;1H. The largest absolute Gasteiger partial charge is 0.493 e. The molecular weight excluding hydrogens is 358 g/mol. The predicted molar refractivity (Wildman–Crippen MR) is 100.0 cm³/mol. The lowest BCUT2D eigenvalue weighted by atomic mass is 10.1. The van der Waals surface area contributed by atoms with Gasteiger partial charge in [-0.15, -0.1) is 12.4 Å². The summed E-state index contributed by atoms with van der Waals surface area (Å²) in [6.45, 7) is 6.41. The fourth-order valence-electron chi connectivity index (χ4n) is 3.15. The van der Waals surface area contributed by atoms with Crippen molar-refractivity contribution in [2.75, 3.05) is 52.5 Å². The molecule has 3 rings (SSSR count). The van der Waals surface area contributed by atoms with Gasteiger partial charge in [0.15, 0.2) is 0 Å². The maximum absolute atomic E-state index is 12.8. The fraction of sp³-hybridized carbons (Fsp3) is 0.556. The molecule has 0 spiro atoms. The summed E-state index contributed by atoms with van der Waals surface area (Å²) in [6, 6.07) is 7.29. The maximum Gasteiger partial charge on any atom is 0.257 e. The van der Waals surface area contributed by atoms with Gasteiger partial charge in [0.05, 0.1) is 18.8 Å². The number of piperazine rings is 1. The third-order valence-electron chi connectivity index (χ3n) is 4.50. The number of hydrogen-bond donors (Lipinski definition) is 1. The van der Waals surface area contributed by atoms with Gasteiger partial charge in [0.1, 0.15) is 11.9 Å². The van der Waals surface area contributed by atoms with Crippen molar-refractivity contribution in [2.24, 2.45) is 0 Å². The normalized spacial score (nSPS) is 20.3. The number of ether oxygens (including phenoxy) is 2. The van der Waals surface area contributed by atoms with Crippen LogP contribution in [-0.4, -0.2) is 80.2 Å². The number of halogens is 1. The second-order valence-corrected chi connectivity index (χ2v) is 6.11. The van der Waals surface area contributed by atoms with E-state index in [9.17, 15) is 9.59 Å². The summed E-state index contributed by atoms with van der Waals surface area (Å²) in [5, 5.41) is 3.17. The summed E-state index contributed by atoms with van der Waals surface area (Å²) in [6.07, 6.45) is -0.408. The molecule has 0 radical (unpaired) electrons. The number of nitrogens with one attached hydrogen (secondary N) is 1. The number of morpholine rings is 1. The molecule has 1 N–H and O–H groups in total. The van der Waals surface area contributed by atoms with Crippen LogP contribution in [0.2, 0.25) is 0 Å². The number of amides is 2. The fourth-order valence-corrected chi connectivity index (χ4v) is 3.15. The molecule has 2 heterocycles. The number of para-hydroxylation sites is 1. The molecule has 0 aromatic heterocycles. The third-order valence-corrected chi connectivity index (χ3v) is 4.50. The first-order valence-corrected chi connectivity index (χ1v) is 8.83. The van der Waals surface area contributed by atoms with Crippen molar-refractivity contribution in [1.82, 2.24) is 15.1 Å². The average Bonchev–Trinajstić information content (AvgIpc) is 2.68. The Hall–Kier alpha value is -1.83. The number of nitrogens with zero attached hydrogens (tertiary/aromatic N) is 2. The van der Waals surface area contributed by atoms with E-state index in [1.807, 2.05) is 25.1 Å². The van der Waals surface area contributed by atoms with Crippen LogP contribution in [0.5, 0.6) is 5.75 Å². The Bertz CT molecular complexity index is 614. The number of rotatable bonds is 4. The molecule has 1 aromatic rings. The van der Waals surface area contributed by atoms with Gasteiger partial charge in [0.25, 0.3) is 11.8 Å². The molecule has 0 saturated carbocycles. The average molecular weight is 384 g/mol. The first-order chi connectivity index (χ1) is 12.2. The highest BCUT2D eigenvalue weighted by Crippen LogP contribution is 2.21. The third kappa shape index (κ3) is 4.66. The zero-order chi connectivity index (χ0) is 17.6. The number of carbonyl (C=O) groups is 2. The van der Waals surface area contributed by atoms with Crippen LogP contribution in [0.15, 0.2) is 24.3 Å². The molecule has 1 unspecified atom stereocenters. The van der Waals surface area contributed by atoms with Crippen LogP contribution >= 0.6 is 12.4 Å². The van der Waals surface area contributed by atoms with Gasteiger partial charge in [0.2, 0.25) is 0 Å². The van der Waals surface area contributed by atoms with E-state index in [1.54, 1.807) is 15.9 Å². The van der Waals surface area contributed by atoms with Crippen molar-refractivity contribution in [3.8, 4) is 5.75 Å². The van der Waals surface area contributed by atoms with Gasteiger partial charge in [-0.2, -0.15) is 0 Å². The molecule has 8 heteroatoms. The van der Waals surface area contributed by atoms with Crippen molar-refractivity contribution in [2.45, 2.75) is 13.0 Å². The second-order valence-electron chi connectivity index (χ2n) is 6.11. The maximum atomic E-state index is 12.8. The topological polar surface area (TPSA) is 71.1 Å². The molecule has 0 bridgehead atoms. The summed E-state index contributed by atoms with van der Waals surface area (Å²) < 4.78 is 11.1. The molecule has 2 fully saturated rings. The van der Waals surface area contributed by atoms with Crippen LogP contribution in [0.25, 0.3) is 0 Å². The van der Waals surface area contributed by atoms with E-state index in [1.165, 1.54) is 0 Å². The van der Waals surface area contributed by atoms with Crippen molar-refractivity contribution in [3.63, 3.8) is 0 Å². The number of benzene rings is 1. The van der Waals surface area contributed by atoms with E-state index < -0.39 is 6.10 Å². The van der Waals surface area contributed by atoms with Crippen LogP contribution < -0.4 is 10.1 Å². The van der Waals surface area contributed by atoms with Gasteiger partial charge < -0.3 is 24.6 Å². The van der Waals surface area contributed by atoms with Gasteiger partial charge >= 0.3 is 0 Å².